The summed E-state index contributed by atoms with van der Waals surface area (Å²) < 4.78 is 0. The van der Waals surface area contributed by atoms with Crippen molar-refractivity contribution in [3.05, 3.63) is 59.2 Å². The van der Waals surface area contributed by atoms with Crippen LogP contribution in [0.3, 0.4) is 0 Å². The topological polar surface area (TPSA) is 111 Å². The highest BCUT2D eigenvalue weighted by atomic mass is 16.3. The number of Topliss-reactive ketones (excluding diaryl/α,β-unsaturated/α-hetero) is 1. The number of fused-ring (bicyclic) bond motifs is 1. The molecular formula is C28H35N3O4. The molecule has 7 heteroatoms. The molecule has 3 N–H and O–H groups in total. The largest absolute Gasteiger partial charge is 0.395 e. The molecule has 1 aliphatic carbocycles. The quantitative estimate of drug-likeness (QED) is 0.406. The first-order valence-electron chi connectivity index (χ1n) is 12.4. The van der Waals surface area contributed by atoms with Gasteiger partial charge in [0.25, 0.3) is 0 Å². The Morgan fingerprint density at radius 3 is 2.46 bits per heavy atom. The van der Waals surface area contributed by atoms with Gasteiger partial charge in [-0.3, -0.25) is 14.4 Å². The molecule has 0 heterocycles. The summed E-state index contributed by atoms with van der Waals surface area (Å²) in [5, 5.41) is 20.3. The minimum Gasteiger partial charge on any atom is -0.395 e. The SMILES string of the molecule is CCCC(=N)c1ccc(NC(=O)CCC(=O)N(CCO)c2ccc3c(c2)C(=O)CC(CC)C3)cc1. The van der Waals surface area contributed by atoms with Crippen molar-refractivity contribution in [2.24, 2.45) is 5.92 Å². The van der Waals surface area contributed by atoms with Crippen molar-refractivity contribution >= 4 is 34.7 Å². The van der Waals surface area contributed by atoms with E-state index in [0.717, 1.165) is 30.4 Å². The van der Waals surface area contributed by atoms with Crippen molar-refractivity contribution < 1.29 is 19.5 Å². The van der Waals surface area contributed by atoms with Gasteiger partial charge in [0.05, 0.1) is 6.61 Å². The number of aliphatic hydroxyl groups is 1. The van der Waals surface area contributed by atoms with Gasteiger partial charge < -0.3 is 20.7 Å². The predicted molar refractivity (Wildman–Crippen MR) is 138 cm³/mol. The van der Waals surface area contributed by atoms with Crippen molar-refractivity contribution in [3.63, 3.8) is 0 Å². The highest BCUT2D eigenvalue weighted by Gasteiger charge is 2.26. The van der Waals surface area contributed by atoms with Gasteiger partial charge in [0.2, 0.25) is 11.8 Å². The zero-order valence-electron chi connectivity index (χ0n) is 20.6. The van der Waals surface area contributed by atoms with Gasteiger partial charge in [-0.05, 0) is 54.2 Å². The zero-order valence-corrected chi connectivity index (χ0v) is 20.6. The maximum atomic E-state index is 12.9. The Kier molecular flexibility index (Phi) is 9.32. The zero-order chi connectivity index (χ0) is 25.4. The first-order chi connectivity index (χ1) is 16.9. The van der Waals surface area contributed by atoms with Crippen LogP contribution >= 0.6 is 0 Å². The fraction of sp³-hybridized carbons (Fsp3) is 0.429. The van der Waals surface area contributed by atoms with Crippen molar-refractivity contribution in [3.8, 4) is 0 Å². The summed E-state index contributed by atoms with van der Waals surface area (Å²) in [4.78, 5) is 39.4. The van der Waals surface area contributed by atoms with E-state index in [1.807, 2.05) is 31.2 Å². The van der Waals surface area contributed by atoms with Gasteiger partial charge in [-0.15, -0.1) is 0 Å². The second kappa shape index (κ2) is 12.4. The molecule has 3 rings (SSSR count). The van der Waals surface area contributed by atoms with Crippen LogP contribution < -0.4 is 10.2 Å². The van der Waals surface area contributed by atoms with Crippen LogP contribution in [0.1, 0.15) is 73.9 Å². The molecule has 0 radical (unpaired) electrons. The third kappa shape index (κ3) is 6.85. The summed E-state index contributed by atoms with van der Waals surface area (Å²) in [6.45, 7) is 3.99. The molecular weight excluding hydrogens is 442 g/mol. The number of ketones is 1. The number of aliphatic hydroxyl groups excluding tert-OH is 1. The highest BCUT2D eigenvalue weighted by molar-refractivity contribution is 6.02. The van der Waals surface area contributed by atoms with E-state index in [2.05, 4.69) is 12.2 Å². The van der Waals surface area contributed by atoms with Gasteiger partial charge in [-0.1, -0.05) is 44.9 Å². The number of benzene rings is 2. The maximum Gasteiger partial charge on any atom is 0.227 e. The van der Waals surface area contributed by atoms with Gasteiger partial charge in [-0.25, -0.2) is 0 Å². The number of hydrogen-bond donors (Lipinski definition) is 3. The second-order valence-electron chi connectivity index (χ2n) is 9.07. The lowest BCUT2D eigenvalue weighted by molar-refractivity contribution is -0.122. The van der Waals surface area contributed by atoms with Crippen LogP contribution in [0, 0.1) is 11.3 Å². The lowest BCUT2D eigenvalue weighted by Gasteiger charge is -2.26. The average molecular weight is 478 g/mol. The predicted octanol–water partition coefficient (Wildman–Crippen LogP) is 4.75. The molecule has 1 atom stereocenters. The minimum absolute atomic E-state index is 0.00375. The van der Waals surface area contributed by atoms with E-state index in [1.165, 1.54) is 4.90 Å². The van der Waals surface area contributed by atoms with E-state index >= 15 is 0 Å². The summed E-state index contributed by atoms with van der Waals surface area (Å²) in [7, 11) is 0. The third-order valence-corrected chi connectivity index (χ3v) is 6.47. The third-order valence-electron chi connectivity index (χ3n) is 6.47. The lowest BCUT2D eigenvalue weighted by atomic mass is 9.81. The van der Waals surface area contributed by atoms with E-state index in [-0.39, 0.29) is 43.6 Å². The molecule has 0 aliphatic heterocycles. The summed E-state index contributed by atoms with van der Waals surface area (Å²) in [6.07, 6.45) is 3.91. The maximum absolute atomic E-state index is 12.9. The van der Waals surface area contributed by atoms with Gasteiger partial charge in [0.1, 0.15) is 0 Å². The van der Waals surface area contributed by atoms with Crippen LogP contribution in [-0.4, -0.2) is 41.6 Å². The first-order valence-corrected chi connectivity index (χ1v) is 12.4. The van der Waals surface area contributed by atoms with Gasteiger partial charge in [-0.2, -0.15) is 0 Å². The summed E-state index contributed by atoms with van der Waals surface area (Å²) >= 11 is 0. The fourth-order valence-electron chi connectivity index (χ4n) is 4.44. The molecule has 186 valence electrons. The monoisotopic (exact) mass is 477 g/mol. The second-order valence-corrected chi connectivity index (χ2v) is 9.07. The molecule has 0 aromatic heterocycles. The Balaban J connectivity index is 1.61. The fourth-order valence-corrected chi connectivity index (χ4v) is 4.44. The smallest absolute Gasteiger partial charge is 0.227 e. The van der Waals surface area contributed by atoms with Crippen LogP contribution in [0.25, 0.3) is 0 Å². The molecule has 1 aliphatic rings. The number of carbonyl (C=O) groups is 3. The number of carbonyl (C=O) groups excluding carboxylic acids is 3. The van der Waals surface area contributed by atoms with Crippen molar-refractivity contribution in [1.82, 2.24) is 0 Å². The number of anilines is 2. The lowest BCUT2D eigenvalue weighted by Crippen LogP contribution is -2.34. The van der Waals surface area contributed by atoms with E-state index in [4.69, 9.17) is 5.41 Å². The van der Waals surface area contributed by atoms with E-state index in [1.54, 1.807) is 18.2 Å². The van der Waals surface area contributed by atoms with Crippen molar-refractivity contribution in [2.75, 3.05) is 23.4 Å². The Hall–Kier alpha value is -3.32. The number of amides is 2. The Bertz CT molecular complexity index is 1080. The molecule has 2 amide bonds. The van der Waals surface area contributed by atoms with Gasteiger partial charge >= 0.3 is 0 Å². The van der Waals surface area contributed by atoms with E-state index in [0.29, 0.717) is 41.4 Å². The van der Waals surface area contributed by atoms with Crippen LogP contribution in [0.5, 0.6) is 0 Å². The first kappa shape index (κ1) is 26.3. The molecule has 0 saturated carbocycles. The molecule has 0 spiro atoms. The molecule has 0 bridgehead atoms. The molecule has 0 saturated heterocycles. The molecule has 0 fully saturated rings. The van der Waals surface area contributed by atoms with Crippen LogP contribution in [0.2, 0.25) is 0 Å². The Morgan fingerprint density at radius 2 is 1.80 bits per heavy atom. The molecule has 1 unspecified atom stereocenters. The average Bonchev–Trinajstić information content (AvgIpc) is 2.86. The van der Waals surface area contributed by atoms with Crippen LogP contribution in [0.4, 0.5) is 11.4 Å². The molecule has 2 aromatic rings. The molecule has 35 heavy (non-hydrogen) atoms. The van der Waals surface area contributed by atoms with E-state index in [9.17, 15) is 19.5 Å². The minimum atomic E-state index is -0.287. The number of nitrogens with one attached hydrogen (secondary N) is 2. The summed E-state index contributed by atoms with van der Waals surface area (Å²) in [5.41, 5.74) is 4.22. The number of rotatable bonds is 11. The van der Waals surface area contributed by atoms with Gasteiger partial charge in [0.15, 0.2) is 5.78 Å². The normalized spacial score (nSPS) is 14.8. The van der Waals surface area contributed by atoms with Crippen molar-refractivity contribution in [2.45, 2.75) is 58.8 Å². The summed E-state index contributed by atoms with van der Waals surface area (Å²) in [5.74, 6) is -0.127. The summed E-state index contributed by atoms with van der Waals surface area (Å²) in [6, 6.07) is 12.6. The van der Waals surface area contributed by atoms with Gasteiger partial charge in [0, 0.05) is 48.5 Å². The van der Waals surface area contributed by atoms with Crippen molar-refractivity contribution in [1.29, 1.82) is 5.41 Å². The van der Waals surface area contributed by atoms with Crippen LogP contribution in [0.15, 0.2) is 42.5 Å². The Labute approximate surface area is 207 Å². The molecule has 2 aromatic carbocycles. The van der Waals surface area contributed by atoms with E-state index < -0.39 is 0 Å². The number of hydrogen-bond acceptors (Lipinski definition) is 5. The number of nitrogens with zero attached hydrogens (tertiary/aromatic N) is 1. The standard InChI is InChI=1S/C28H35N3O4/c1-3-5-25(29)20-6-9-22(10-7-20)30-27(34)12-13-28(35)31(14-15-32)23-11-8-21-16-19(4-2)17-26(33)24(21)18-23/h6-11,18-19,29,32H,3-5,12-17H2,1-2H3,(H,30,34). The van der Waals surface area contributed by atoms with Crippen LogP contribution in [-0.2, 0) is 16.0 Å². The Morgan fingerprint density at radius 1 is 1.06 bits per heavy atom. The highest BCUT2D eigenvalue weighted by Crippen LogP contribution is 2.30. The molecule has 7 nitrogen and oxygen atoms in total.